The highest BCUT2D eigenvalue weighted by molar-refractivity contribution is 6.44. The minimum absolute atomic E-state index is 0.452. The van der Waals surface area contributed by atoms with Crippen molar-refractivity contribution in [1.29, 1.82) is 0 Å². The molecular formula is C24H19N3O3. The molecule has 0 bridgehead atoms. The Morgan fingerprint density at radius 3 is 2.30 bits per heavy atom. The maximum Gasteiger partial charge on any atom is 0.314 e. The standard InChI is InChI=1S/C24H19N3O3/c28-23(24(29)27-21-10-4-8-18-9-5-15-25-22(18)21)26-19-11-13-20(14-12-19)30-16-17-6-2-1-3-7-17/h1-15H,16H2,(H,26,28)(H,27,29). The van der Waals surface area contributed by atoms with E-state index in [1.165, 1.54) is 0 Å². The van der Waals surface area contributed by atoms with Gasteiger partial charge in [-0.25, -0.2) is 0 Å². The van der Waals surface area contributed by atoms with Crippen LogP contribution in [-0.4, -0.2) is 16.8 Å². The summed E-state index contributed by atoms with van der Waals surface area (Å²) < 4.78 is 5.72. The molecule has 0 saturated carbocycles. The van der Waals surface area contributed by atoms with E-state index in [0.717, 1.165) is 10.9 Å². The van der Waals surface area contributed by atoms with Gasteiger partial charge in [0.25, 0.3) is 0 Å². The van der Waals surface area contributed by atoms with E-state index in [1.54, 1.807) is 42.6 Å². The zero-order valence-corrected chi connectivity index (χ0v) is 16.0. The molecule has 4 aromatic rings. The van der Waals surface area contributed by atoms with Crippen molar-refractivity contribution in [1.82, 2.24) is 4.98 Å². The average molecular weight is 397 g/mol. The molecule has 0 aliphatic carbocycles. The third-order valence-corrected chi connectivity index (χ3v) is 4.45. The Labute approximate surface area is 173 Å². The highest BCUT2D eigenvalue weighted by Crippen LogP contribution is 2.21. The number of aromatic nitrogens is 1. The summed E-state index contributed by atoms with van der Waals surface area (Å²) in [5.74, 6) is -0.860. The Morgan fingerprint density at radius 2 is 1.50 bits per heavy atom. The van der Waals surface area contributed by atoms with Crippen LogP contribution >= 0.6 is 0 Å². The van der Waals surface area contributed by atoms with Crippen molar-refractivity contribution in [3.05, 3.63) is 96.7 Å². The van der Waals surface area contributed by atoms with E-state index >= 15 is 0 Å². The predicted molar refractivity (Wildman–Crippen MR) is 116 cm³/mol. The molecule has 2 N–H and O–H groups in total. The van der Waals surface area contributed by atoms with Crippen molar-refractivity contribution in [2.75, 3.05) is 10.6 Å². The number of anilines is 2. The van der Waals surface area contributed by atoms with Gasteiger partial charge in [-0.1, -0.05) is 48.5 Å². The van der Waals surface area contributed by atoms with Gasteiger partial charge in [0.1, 0.15) is 12.4 Å². The maximum absolute atomic E-state index is 12.3. The van der Waals surface area contributed by atoms with Crippen LogP contribution in [0.25, 0.3) is 10.9 Å². The van der Waals surface area contributed by atoms with Crippen molar-refractivity contribution >= 4 is 34.1 Å². The Kier molecular flexibility index (Phi) is 5.66. The fourth-order valence-electron chi connectivity index (χ4n) is 2.95. The van der Waals surface area contributed by atoms with E-state index in [1.807, 2.05) is 48.5 Å². The normalized spacial score (nSPS) is 10.4. The second-order valence-corrected chi connectivity index (χ2v) is 6.59. The lowest BCUT2D eigenvalue weighted by Gasteiger charge is -2.10. The summed E-state index contributed by atoms with van der Waals surface area (Å²) in [5, 5.41) is 6.08. The third-order valence-electron chi connectivity index (χ3n) is 4.45. The van der Waals surface area contributed by atoms with Crippen LogP contribution in [0.3, 0.4) is 0 Å². The number of nitrogens with one attached hydrogen (secondary N) is 2. The first kappa shape index (κ1) is 19.1. The molecule has 30 heavy (non-hydrogen) atoms. The number of carbonyl (C=O) groups is 2. The molecule has 0 aliphatic heterocycles. The zero-order valence-electron chi connectivity index (χ0n) is 16.0. The van der Waals surface area contributed by atoms with Crippen molar-refractivity contribution in [3.63, 3.8) is 0 Å². The van der Waals surface area contributed by atoms with Gasteiger partial charge < -0.3 is 15.4 Å². The zero-order chi connectivity index (χ0) is 20.8. The first-order valence-corrected chi connectivity index (χ1v) is 9.42. The molecule has 4 rings (SSSR count). The number of hydrogen-bond acceptors (Lipinski definition) is 4. The quantitative estimate of drug-likeness (QED) is 0.490. The van der Waals surface area contributed by atoms with Crippen LogP contribution < -0.4 is 15.4 Å². The Hall–Kier alpha value is -4.19. The van der Waals surface area contributed by atoms with E-state index in [-0.39, 0.29) is 0 Å². The maximum atomic E-state index is 12.3. The molecule has 0 unspecified atom stereocenters. The number of fused-ring (bicyclic) bond motifs is 1. The monoisotopic (exact) mass is 397 g/mol. The van der Waals surface area contributed by atoms with Gasteiger partial charge in [0.15, 0.2) is 0 Å². The summed E-state index contributed by atoms with van der Waals surface area (Å²) in [4.78, 5) is 28.9. The third kappa shape index (κ3) is 4.62. The van der Waals surface area contributed by atoms with Crippen LogP contribution in [0.5, 0.6) is 5.75 Å². The van der Waals surface area contributed by atoms with Crippen LogP contribution in [0.2, 0.25) is 0 Å². The fourth-order valence-corrected chi connectivity index (χ4v) is 2.95. The number of amides is 2. The summed E-state index contributed by atoms with van der Waals surface area (Å²) in [6.07, 6.45) is 1.64. The highest BCUT2D eigenvalue weighted by atomic mass is 16.5. The lowest BCUT2D eigenvalue weighted by Crippen LogP contribution is -2.29. The van der Waals surface area contributed by atoms with Crippen LogP contribution in [0.4, 0.5) is 11.4 Å². The molecule has 1 heterocycles. The van der Waals surface area contributed by atoms with Gasteiger partial charge in [0.05, 0.1) is 11.2 Å². The topological polar surface area (TPSA) is 80.3 Å². The number of para-hydroxylation sites is 1. The second-order valence-electron chi connectivity index (χ2n) is 6.59. The lowest BCUT2D eigenvalue weighted by molar-refractivity contribution is -0.132. The van der Waals surface area contributed by atoms with E-state index in [4.69, 9.17) is 4.74 Å². The Balaban J connectivity index is 1.35. The molecule has 3 aromatic carbocycles. The molecule has 6 nitrogen and oxygen atoms in total. The summed E-state index contributed by atoms with van der Waals surface area (Å²) in [6.45, 7) is 0.452. The molecule has 2 amide bonds. The van der Waals surface area contributed by atoms with Crippen molar-refractivity contribution in [2.45, 2.75) is 6.61 Å². The molecule has 6 heteroatoms. The number of benzene rings is 3. The van der Waals surface area contributed by atoms with Gasteiger partial charge in [0, 0.05) is 17.3 Å². The molecule has 0 spiro atoms. The molecule has 0 fully saturated rings. The largest absolute Gasteiger partial charge is 0.489 e. The van der Waals surface area contributed by atoms with Gasteiger partial charge >= 0.3 is 11.8 Å². The SMILES string of the molecule is O=C(Nc1ccc(OCc2ccccc2)cc1)C(=O)Nc1cccc2cccnc12. The second kappa shape index (κ2) is 8.87. The van der Waals surface area contributed by atoms with Gasteiger partial charge in [-0.2, -0.15) is 0 Å². The predicted octanol–water partition coefficient (Wildman–Crippen LogP) is 4.39. The molecule has 0 aliphatic rings. The fraction of sp³-hybridized carbons (Fsp3) is 0.0417. The van der Waals surface area contributed by atoms with Crippen LogP contribution in [0.1, 0.15) is 5.56 Å². The summed E-state index contributed by atoms with van der Waals surface area (Å²) in [6, 6.07) is 25.8. The van der Waals surface area contributed by atoms with Gasteiger partial charge in [-0.05, 0) is 42.0 Å². The van der Waals surface area contributed by atoms with E-state index < -0.39 is 11.8 Å². The number of hydrogen-bond donors (Lipinski definition) is 2. The lowest BCUT2D eigenvalue weighted by atomic mass is 10.2. The van der Waals surface area contributed by atoms with Crippen LogP contribution in [0.15, 0.2) is 91.1 Å². The molecular weight excluding hydrogens is 378 g/mol. The number of ether oxygens (including phenoxy) is 1. The molecule has 148 valence electrons. The van der Waals surface area contributed by atoms with E-state index in [0.29, 0.717) is 29.2 Å². The van der Waals surface area contributed by atoms with Gasteiger partial charge in [-0.3, -0.25) is 14.6 Å². The summed E-state index contributed by atoms with van der Waals surface area (Å²) in [7, 11) is 0. The first-order chi connectivity index (χ1) is 14.7. The van der Waals surface area contributed by atoms with Gasteiger partial charge in [0.2, 0.25) is 0 Å². The van der Waals surface area contributed by atoms with E-state index in [9.17, 15) is 9.59 Å². The Morgan fingerprint density at radius 1 is 0.767 bits per heavy atom. The summed E-state index contributed by atoms with van der Waals surface area (Å²) in [5.41, 5.74) is 2.67. The number of carbonyl (C=O) groups excluding carboxylic acids is 2. The molecule has 0 saturated heterocycles. The number of nitrogens with zero attached hydrogens (tertiary/aromatic N) is 1. The molecule has 0 radical (unpaired) electrons. The first-order valence-electron chi connectivity index (χ1n) is 9.42. The minimum atomic E-state index is -0.766. The average Bonchev–Trinajstić information content (AvgIpc) is 2.79. The van der Waals surface area contributed by atoms with Crippen molar-refractivity contribution in [2.24, 2.45) is 0 Å². The Bertz CT molecular complexity index is 1170. The van der Waals surface area contributed by atoms with Crippen LogP contribution in [0, 0.1) is 0 Å². The van der Waals surface area contributed by atoms with E-state index in [2.05, 4.69) is 15.6 Å². The smallest absolute Gasteiger partial charge is 0.314 e. The minimum Gasteiger partial charge on any atom is -0.489 e. The van der Waals surface area contributed by atoms with Gasteiger partial charge in [-0.15, -0.1) is 0 Å². The summed E-state index contributed by atoms with van der Waals surface area (Å²) >= 11 is 0. The number of pyridine rings is 1. The number of rotatable bonds is 5. The molecule has 0 atom stereocenters. The van der Waals surface area contributed by atoms with Crippen molar-refractivity contribution in [3.8, 4) is 5.75 Å². The van der Waals surface area contributed by atoms with Crippen LogP contribution in [-0.2, 0) is 16.2 Å². The molecule has 1 aromatic heterocycles. The highest BCUT2D eigenvalue weighted by Gasteiger charge is 2.15. The van der Waals surface area contributed by atoms with Crippen molar-refractivity contribution < 1.29 is 14.3 Å².